The highest BCUT2D eigenvalue weighted by Crippen LogP contribution is 2.22. The quantitative estimate of drug-likeness (QED) is 0.540. The minimum atomic E-state index is -0.200. The molecule has 2 N–H and O–H groups in total. The molecular weight excluding hydrogens is 338 g/mol. The third-order valence-electron chi connectivity index (χ3n) is 4.33. The van der Waals surface area contributed by atoms with Crippen LogP contribution in [-0.2, 0) is 6.42 Å². The molecule has 0 aliphatic carbocycles. The molecule has 2 aromatic carbocycles. The van der Waals surface area contributed by atoms with Gasteiger partial charge < -0.3 is 15.0 Å². The Labute approximate surface area is 157 Å². The van der Waals surface area contributed by atoms with Crippen molar-refractivity contribution in [2.24, 2.45) is 0 Å². The standard InChI is InChI=1S/C22H19N3O2/c26-21(23-14-12-16-15-25-20-11-5-4-9-18(16)20)19-10-6-13-24-22(19)27-17-7-2-1-3-8-17/h1-11,13,15,25H,12,14H2,(H,23,26). The third-order valence-corrected chi connectivity index (χ3v) is 4.33. The van der Waals surface area contributed by atoms with Gasteiger partial charge in [-0.05, 0) is 42.3 Å². The molecule has 4 aromatic rings. The number of para-hydroxylation sites is 2. The van der Waals surface area contributed by atoms with Gasteiger partial charge in [0.2, 0.25) is 5.88 Å². The molecule has 0 radical (unpaired) electrons. The van der Waals surface area contributed by atoms with E-state index >= 15 is 0 Å². The fourth-order valence-electron chi connectivity index (χ4n) is 2.99. The van der Waals surface area contributed by atoms with Crippen molar-refractivity contribution in [3.8, 4) is 11.6 Å². The topological polar surface area (TPSA) is 67.0 Å². The average Bonchev–Trinajstić information content (AvgIpc) is 3.12. The average molecular weight is 357 g/mol. The Bertz CT molecular complexity index is 1060. The number of aromatic nitrogens is 2. The van der Waals surface area contributed by atoms with Crippen molar-refractivity contribution >= 4 is 16.8 Å². The summed E-state index contributed by atoms with van der Waals surface area (Å²) in [7, 11) is 0. The predicted octanol–water partition coefficient (Wildman–Crippen LogP) is 4.33. The van der Waals surface area contributed by atoms with Crippen LogP contribution in [0.15, 0.2) is 79.1 Å². The van der Waals surface area contributed by atoms with E-state index in [1.807, 2.05) is 54.7 Å². The number of fused-ring (bicyclic) bond motifs is 1. The Hall–Kier alpha value is -3.60. The summed E-state index contributed by atoms with van der Waals surface area (Å²) >= 11 is 0. The van der Waals surface area contributed by atoms with Crippen LogP contribution in [0.2, 0.25) is 0 Å². The molecule has 5 nitrogen and oxygen atoms in total. The molecule has 0 bridgehead atoms. The molecule has 0 saturated heterocycles. The van der Waals surface area contributed by atoms with Gasteiger partial charge in [-0.1, -0.05) is 36.4 Å². The number of rotatable bonds is 6. The number of ether oxygens (including phenoxy) is 1. The summed E-state index contributed by atoms with van der Waals surface area (Å²) < 4.78 is 5.76. The first kappa shape index (κ1) is 16.8. The Kier molecular flexibility index (Phi) is 4.83. The number of benzene rings is 2. The SMILES string of the molecule is O=C(NCCc1c[nH]c2ccccc12)c1cccnc1Oc1ccccc1. The highest BCUT2D eigenvalue weighted by atomic mass is 16.5. The van der Waals surface area contributed by atoms with Gasteiger partial charge in [0.25, 0.3) is 5.91 Å². The molecule has 0 spiro atoms. The highest BCUT2D eigenvalue weighted by molar-refractivity contribution is 5.96. The molecule has 2 aromatic heterocycles. The van der Waals surface area contributed by atoms with Gasteiger partial charge in [-0.2, -0.15) is 0 Å². The van der Waals surface area contributed by atoms with Crippen LogP contribution in [0.25, 0.3) is 10.9 Å². The number of amides is 1. The Morgan fingerprint density at radius 2 is 1.81 bits per heavy atom. The first-order chi connectivity index (χ1) is 13.3. The summed E-state index contributed by atoms with van der Waals surface area (Å²) in [6.45, 7) is 0.528. The van der Waals surface area contributed by atoms with Gasteiger partial charge >= 0.3 is 0 Å². The van der Waals surface area contributed by atoms with E-state index in [9.17, 15) is 4.79 Å². The molecule has 0 unspecified atom stereocenters. The summed E-state index contributed by atoms with van der Waals surface area (Å²) in [5.41, 5.74) is 2.70. The van der Waals surface area contributed by atoms with E-state index in [2.05, 4.69) is 21.4 Å². The van der Waals surface area contributed by atoms with Crippen LogP contribution in [0.1, 0.15) is 15.9 Å². The molecule has 4 rings (SSSR count). The molecule has 134 valence electrons. The van der Waals surface area contributed by atoms with Crippen LogP contribution in [-0.4, -0.2) is 22.4 Å². The van der Waals surface area contributed by atoms with E-state index in [-0.39, 0.29) is 5.91 Å². The maximum Gasteiger partial charge on any atom is 0.256 e. The van der Waals surface area contributed by atoms with Crippen molar-refractivity contribution in [2.45, 2.75) is 6.42 Å². The Morgan fingerprint density at radius 1 is 1.00 bits per heavy atom. The zero-order valence-electron chi connectivity index (χ0n) is 14.7. The van der Waals surface area contributed by atoms with Gasteiger partial charge in [-0.25, -0.2) is 4.98 Å². The van der Waals surface area contributed by atoms with Gasteiger partial charge in [0.15, 0.2) is 0 Å². The van der Waals surface area contributed by atoms with Crippen LogP contribution in [0.5, 0.6) is 11.6 Å². The smallest absolute Gasteiger partial charge is 0.256 e. The second kappa shape index (κ2) is 7.74. The number of nitrogens with one attached hydrogen (secondary N) is 2. The number of aromatic amines is 1. The molecule has 0 aliphatic rings. The van der Waals surface area contributed by atoms with Crippen LogP contribution < -0.4 is 10.1 Å². The van der Waals surface area contributed by atoms with Crippen LogP contribution in [0, 0.1) is 0 Å². The largest absolute Gasteiger partial charge is 0.438 e. The Morgan fingerprint density at radius 3 is 2.70 bits per heavy atom. The summed E-state index contributed by atoms with van der Waals surface area (Å²) in [5, 5.41) is 4.14. The second-order valence-corrected chi connectivity index (χ2v) is 6.14. The maximum absolute atomic E-state index is 12.6. The van der Waals surface area contributed by atoms with Crippen molar-refractivity contribution in [1.29, 1.82) is 0 Å². The van der Waals surface area contributed by atoms with Crippen molar-refractivity contribution in [3.63, 3.8) is 0 Å². The van der Waals surface area contributed by atoms with Crippen molar-refractivity contribution in [3.05, 3.63) is 90.3 Å². The van der Waals surface area contributed by atoms with Gasteiger partial charge in [0.1, 0.15) is 11.3 Å². The van der Waals surface area contributed by atoms with Gasteiger partial charge in [-0.15, -0.1) is 0 Å². The minimum absolute atomic E-state index is 0.200. The van der Waals surface area contributed by atoms with Gasteiger partial charge in [0, 0.05) is 29.8 Å². The summed E-state index contributed by atoms with van der Waals surface area (Å²) in [4.78, 5) is 20.1. The molecule has 0 aliphatic heterocycles. The van der Waals surface area contributed by atoms with Crippen LogP contribution in [0.4, 0.5) is 0 Å². The molecule has 0 atom stereocenters. The Balaban J connectivity index is 1.43. The molecule has 0 fully saturated rings. The van der Waals surface area contributed by atoms with Crippen molar-refractivity contribution < 1.29 is 9.53 Å². The van der Waals surface area contributed by atoms with E-state index < -0.39 is 0 Å². The number of carbonyl (C=O) groups excluding carboxylic acids is 1. The minimum Gasteiger partial charge on any atom is -0.438 e. The lowest BCUT2D eigenvalue weighted by molar-refractivity contribution is 0.0951. The third kappa shape index (κ3) is 3.82. The molecule has 2 heterocycles. The highest BCUT2D eigenvalue weighted by Gasteiger charge is 2.14. The lowest BCUT2D eigenvalue weighted by atomic mass is 10.1. The van der Waals surface area contributed by atoms with E-state index in [4.69, 9.17) is 4.74 Å². The number of hydrogen-bond donors (Lipinski definition) is 2. The van der Waals surface area contributed by atoms with Crippen LogP contribution in [0.3, 0.4) is 0 Å². The predicted molar refractivity (Wildman–Crippen MR) is 105 cm³/mol. The van der Waals surface area contributed by atoms with Crippen molar-refractivity contribution in [2.75, 3.05) is 6.54 Å². The zero-order valence-corrected chi connectivity index (χ0v) is 14.7. The van der Waals surface area contributed by atoms with E-state index in [1.54, 1.807) is 18.3 Å². The number of nitrogens with zero attached hydrogens (tertiary/aromatic N) is 1. The number of hydrogen-bond acceptors (Lipinski definition) is 3. The number of carbonyl (C=O) groups is 1. The summed E-state index contributed by atoms with van der Waals surface area (Å²) in [6.07, 6.45) is 4.34. The molecule has 0 saturated carbocycles. The first-order valence-corrected chi connectivity index (χ1v) is 8.82. The second-order valence-electron chi connectivity index (χ2n) is 6.14. The van der Waals surface area contributed by atoms with E-state index in [0.717, 1.165) is 11.9 Å². The molecular formula is C22H19N3O2. The summed E-state index contributed by atoms with van der Waals surface area (Å²) in [6, 6.07) is 20.9. The van der Waals surface area contributed by atoms with Gasteiger partial charge in [-0.3, -0.25) is 4.79 Å². The van der Waals surface area contributed by atoms with Crippen LogP contribution >= 0.6 is 0 Å². The number of H-pyrrole nitrogens is 1. The number of pyridine rings is 1. The lowest BCUT2D eigenvalue weighted by Crippen LogP contribution is -2.26. The van der Waals surface area contributed by atoms with E-state index in [0.29, 0.717) is 23.7 Å². The van der Waals surface area contributed by atoms with Gasteiger partial charge in [0.05, 0.1) is 0 Å². The zero-order chi connectivity index (χ0) is 18.5. The maximum atomic E-state index is 12.6. The van der Waals surface area contributed by atoms with Crippen molar-refractivity contribution in [1.82, 2.24) is 15.3 Å². The monoisotopic (exact) mass is 357 g/mol. The molecule has 5 heteroatoms. The normalized spacial score (nSPS) is 10.7. The summed E-state index contributed by atoms with van der Waals surface area (Å²) in [5.74, 6) is 0.742. The molecule has 27 heavy (non-hydrogen) atoms. The fourth-order valence-corrected chi connectivity index (χ4v) is 2.99. The fraction of sp³-hybridized carbons (Fsp3) is 0.0909. The lowest BCUT2D eigenvalue weighted by Gasteiger charge is -2.10. The van der Waals surface area contributed by atoms with E-state index in [1.165, 1.54) is 10.9 Å². The first-order valence-electron chi connectivity index (χ1n) is 8.82. The molecule has 1 amide bonds.